The first kappa shape index (κ1) is 15.8. The molecule has 1 aliphatic heterocycles. The molecule has 1 unspecified atom stereocenters. The number of rotatable bonds is 4. The zero-order valence-electron chi connectivity index (χ0n) is 13.8. The van der Waals surface area contributed by atoms with Crippen molar-refractivity contribution >= 4 is 17.8 Å². The highest BCUT2D eigenvalue weighted by atomic mass is 15.4. The largest absolute Gasteiger partial charge is 0.357 e. The van der Waals surface area contributed by atoms with E-state index in [0.717, 1.165) is 38.4 Å². The lowest BCUT2D eigenvalue weighted by atomic mass is 10.2. The van der Waals surface area contributed by atoms with Crippen LogP contribution in [0, 0.1) is 0 Å². The molecule has 1 N–H and O–H groups in total. The summed E-state index contributed by atoms with van der Waals surface area (Å²) in [6.45, 7) is 5.39. The van der Waals surface area contributed by atoms with Gasteiger partial charge in [-0.3, -0.25) is 0 Å². The molecular weight excluding hydrogens is 266 g/mol. The highest BCUT2D eigenvalue weighted by Crippen LogP contribution is 2.21. The molecule has 0 amide bonds. The first-order valence-electron chi connectivity index (χ1n) is 7.61. The van der Waals surface area contributed by atoms with Crippen molar-refractivity contribution in [2.75, 3.05) is 62.9 Å². The molecule has 0 spiro atoms. The lowest BCUT2D eigenvalue weighted by molar-refractivity contribution is 0.327. The zero-order chi connectivity index (χ0) is 15.4. The monoisotopic (exact) mass is 293 g/mol. The van der Waals surface area contributed by atoms with Crippen molar-refractivity contribution in [1.29, 1.82) is 0 Å². The second-order valence-electron chi connectivity index (χ2n) is 5.77. The predicted octanol–water partition coefficient (Wildman–Crippen LogP) is 0.900. The number of anilines is 3. The molecule has 0 radical (unpaired) electrons. The van der Waals surface area contributed by atoms with E-state index in [-0.39, 0.29) is 0 Å². The number of likely N-dealkylation sites (N-methyl/N-ethyl adjacent to an activating group) is 1. The van der Waals surface area contributed by atoms with Crippen molar-refractivity contribution in [3.8, 4) is 0 Å². The molecule has 7 heteroatoms. The quantitative estimate of drug-likeness (QED) is 0.885. The molecule has 2 rings (SSSR count). The molecule has 1 atom stereocenters. The van der Waals surface area contributed by atoms with E-state index >= 15 is 0 Å². The van der Waals surface area contributed by atoms with Crippen LogP contribution in [0.4, 0.5) is 17.8 Å². The molecule has 0 aliphatic carbocycles. The topological polar surface area (TPSA) is 60.4 Å². The molecule has 2 heterocycles. The summed E-state index contributed by atoms with van der Waals surface area (Å²) in [5.74, 6) is 2.09. The van der Waals surface area contributed by atoms with E-state index in [4.69, 9.17) is 0 Å². The maximum absolute atomic E-state index is 4.64. The third kappa shape index (κ3) is 3.72. The molecule has 1 aromatic rings. The number of hydrogen-bond acceptors (Lipinski definition) is 7. The Morgan fingerprint density at radius 3 is 2.62 bits per heavy atom. The standard InChI is InChI=1S/C14H27N7/c1-6-11-10-20(5)8-7-9-21(11)14-17-12(15-2)16-13(18-14)19(3)4/h11H,6-10H2,1-5H3,(H,15,16,17,18). The van der Waals surface area contributed by atoms with Crippen LogP contribution < -0.4 is 15.1 Å². The molecule has 1 aliphatic rings. The van der Waals surface area contributed by atoms with Gasteiger partial charge >= 0.3 is 0 Å². The molecule has 21 heavy (non-hydrogen) atoms. The summed E-state index contributed by atoms with van der Waals surface area (Å²) in [6, 6.07) is 0.444. The highest BCUT2D eigenvalue weighted by Gasteiger charge is 2.25. The van der Waals surface area contributed by atoms with Crippen LogP contribution in [-0.2, 0) is 0 Å². The Morgan fingerprint density at radius 2 is 2.00 bits per heavy atom. The van der Waals surface area contributed by atoms with Gasteiger partial charge in [-0.2, -0.15) is 15.0 Å². The summed E-state index contributed by atoms with van der Waals surface area (Å²) in [5, 5.41) is 3.03. The van der Waals surface area contributed by atoms with Crippen LogP contribution in [0.2, 0.25) is 0 Å². The SMILES string of the molecule is CCC1CN(C)CCCN1c1nc(NC)nc(N(C)C)n1. The van der Waals surface area contributed by atoms with Crippen LogP contribution in [0.3, 0.4) is 0 Å². The second kappa shape index (κ2) is 6.89. The predicted molar refractivity (Wildman–Crippen MR) is 87.2 cm³/mol. The fourth-order valence-corrected chi connectivity index (χ4v) is 2.65. The van der Waals surface area contributed by atoms with Crippen molar-refractivity contribution in [1.82, 2.24) is 19.9 Å². The Labute approximate surface area is 127 Å². The van der Waals surface area contributed by atoms with Crippen molar-refractivity contribution in [2.45, 2.75) is 25.8 Å². The smallest absolute Gasteiger partial charge is 0.232 e. The number of aromatic nitrogens is 3. The Morgan fingerprint density at radius 1 is 1.24 bits per heavy atom. The molecule has 0 aromatic carbocycles. The first-order valence-corrected chi connectivity index (χ1v) is 7.61. The van der Waals surface area contributed by atoms with Crippen molar-refractivity contribution < 1.29 is 0 Å². The highest BCUT2D eigenvalue weighted by molar-refractivity contribution is 5.45. The Hall–Kier alpha value is -1.63. The van der Waals surface area contributed by atoms with Gasteiger partial charge in [0.25, 0.3) is 0 Å². The van der Waals surface area contributed by atoms with Gasteiger partial charge < -0.3 is 20.0 Å². The molecule has 0 bridgehead atoms. The zero-order valence-corrected chi connectivity index (χ0v) is 13.8. The van der Waals surface area contributed by atoms with Gasteiger partial charge in [0, 0.05) is 40.3 Å². The Kier molecular flexibility index (Phi) is 5.17. The van der Waals surface area contributed by atoms with Gasteiger partial charge in [0.15, 0.2) is 0 Å². The minimum Gasteiger partial charge on any atom is -0.357 e. The Bertz CT molecular complexity index is 463. The maximum atomic E-state index is 4.64. The van der Waals surface area contributed by atoms with Crippen LogP contribution in [0.15, 0.2) is 0 Å². The van der Waals surface area contributed by atoms with Crippen LogP contribution in [0.1, 0.15) is 19.8 Å². The minimum absolute atomic E-state index is 0.444. The van der Waals surface area contributed by atoms with E-state index in [1.54, 1.807) is 0 Å². The van der Waals surface area contributed by atoms with E-state index < -0.39 is 0 Å². The molecule has 1 saturated heterocycles. The van der Waals surface area contributed by atoms with Crippen LogP contribution in [0.5, 0.6) is 0 Å². The third-order valence-electron chi connectivity index (χ3n) is 3.87. The van der Waals surface area contributed by atoms with Gasteiger partial charge in [-0.15, -0.1) is 0 Å². The molecule has 0 saturated carbocycles. The van der Waals surface area contributed by atoms with Gasteiger partial charge in [0.1, 0.15) is 0 Å². The van der Waals surface area contributed by atoms with E-state index in [1.165, 1.54) is 0 Å². The van der Waals surface area contributed by atoms with Crippen LogP contribution in [-0.4, -0.2) is 73.7 Å². The lowest BCUT2D eigenvalue weighted by Gasteiger charge is -2.30. The fraction of sp³-hybridized carbons (Fsp3) is 0.786. The normalized spacial score (nSPS) is 20.2. The fourth-order valence-electron chi connectivity index (χ4n) is 2.65. The Balaban J connectivity index is 2.35. The van der Waals surface area contributed by atoms with E-state index in [9.17, 15) is 0 Å². The van der Waals surface area contributed by atoms with Crippen molar-refractivity contribution in [3.63, 3.8) is 0 Å². The van der Waals surface area contributed by atoms with Crippen molar-refractivity contribution in [3.05, 3.63) is 0 Å². The summed E-state index contributed by atoms with van der Waals surface area (Å²) < 4.78 is 0. The van der Waals surface area contributed by atoms with E-state index in [0.29, 0.717) is 17.9 Å². The van der Waals surface area contributed by atoms with Gasteiger partial charge in [-0.1, -0.05) is 6.92 Å². The molecular formula is C14H27N7. The number of nitrogens with one attached hydrogen (secondary N) is 1. The average molecular weight is 293 g/mol. The first-order chi connectivity index (χ1) is 10.0. The molecule has 118 valence electrons. The maximum Gasteiger partial charge on any atom is 0.232 e. The third-order valence-corrected chi connectivity index (χ3v) is 3.87. The summed E-state index contributed by atoms with van der Waals surface area (Å²) in [5.41, 5.74) is 0. The number of nitrogens with zero attached hydrogens (tertiary/aromatic N) is 6. The number of hydrogen-bond donors (Lipinski definition) is 1. The van der Waals surface area contributed by atoms with Gasteiger partial charge in [0.2, 0.25) is 17.8 Å². The summed E-state index contributed by atoms with van der Waals surface area (Å²) >= 11 is 0. The van der Waals surface area contributed by atoms with Gasteiger partial charge in [-0.05, 0) is 26.4 Å². The summed E-state index contributed by atoms with van der Waals surface area (Å²) in [6.07, 6.45) is 2.22. The van der Waals surface area contributed by atoms with Gasteiger partial charge in [0.05, 0.1) is 0 Å². The average Bonchev–Trinajstić information content (AvgIpc) is 2.67. The van der Waals surface area contributed by atoms with E-state index in [2.05, 4.69) is 44.0 Å². The van der Waals surface area contributed by atoms with Crippen molar-refractivity contribution in [2.24, 2.45) is 0 Å². The lowest BCUT2D eigenvalue weighted by Crippen LogP contribution is -2.41. The molecule has 1 fully saturated rings. The molecule has 1 aromatic heterocycles. The minimum atomic E-state index is 0.444. The second-order valence-corrected chi connectivity index (χ2v) is 5.77. The van der Waals surface area contributed by atoms with E-state index in [1.807, 2.05) is 26.0 Å². The van der Waals surface area contributed by atoms with Crippen LogP contribution >= 0.6 is 0 Å². The van der Waals surface area contributed by atoms with Crippen LogP contribution in [0.25, 0.3) is 0 Å². The summed E-state index contributed by atoms with van der Waals surface area (Å²) in [4.78, 5) is 20.2. The summed E-state index contributed by atoms with van der Waals surface area (Å²) in [7, 11) is 7.92. The molecule has 7 nitrogen and oxygen atoms in total. The van der Waals surface area contributed by atoms with Gasteiger partial charge in [-0.25, -0.2) is 0 Å².